The van der Waals surface area contributed by atoms with Gasteiger partial charge in [0.25, 0.3) is 0 Å². The minimum absolute atomic E-state index is 0.438. The van der Waals surface area contributed by atoms with Gasteiger partial charge in [-0.15, -0.1) is 0 Å². The molecule has 0 spiro atoms. The first kappa shape index (κ1) is 20.2. The van der Waals surface area contributed by atoms with Crippen molar-refractivity contribution in [2.24, 2.45) is 0 Å². The number of benzene rings is 1. The van der Waals surface area contributed by atoms with Crippen molar-refractivity contribution >= 4 is 11.5 Å². The number of carboxylic acid groups (broad SMARTS) is 1. The van der Waals surface area contributed by atoms with E-state index in [0.717, 1.165) is 24.6 Å². The van der Waals surface area contributed by atoms with Crippen LogP contribution in [0.3, 0.4) is 0 Å². The highest BCUT2D eigenvalue weighted by Gasteiger charge is 2.30. The summed E-state index contributed by atoms with van der Waals surface area (Å²) < 4.78 is 43.7. The van der Waals surface area contributed by atoms with Crippen LogP contribution in [-0.2, 0) is 11.0 Å². The van der Waals surface area contributed by atoms with Gasteiger partial charge in [-0.2, -0.15) is 13.2 Å². The lowest BCUT2D eigenvalue weighted by Crippen LogP contribution is -2.04. The van der Waals surface area contributed by atoms with Crippen LogP contribution in [0, 0.1) is 0 Å². The van der Waals surface area contributed by atoms with Crippen LogP contribution in [0.2, 0.25) is 0 Å². The summed E-state index contributed by atoms with van der Waals surface area (Å²) in [6.07, 6.45) is 1.71. The van der Waals surface area contributed by atoms with E-state index >= 15 is 0 Å². The number of carbonyl (C=O) groups is 1. The maximum Gasteiger partial charge on any atom is 0.416 e. The summed E-state index contributed by atoms with van der Waals surface area (Å²) in [5.74, 6) is -0.687. The van der Waals surface area contributed by atoms with Crippen LogP contribution in [0.1, 0.15) is 30.0 Å². The topological polar surface area (TPSA) is 59.4 Å². The van der Waals surface area contributed by atoms with E-state index in [2.05, 4.69) is 4.98 Å². The first-order valence-electron chi connectivity index (χ1n) is 8.19. The molecule has 142 valence electrons. The van der Waals surface area contributed by atoms with Crippen LogP contribution < -0.4 is 4.74 Å². The fraction of sp³-hybridized carbons (Fsp3) is 0.200. The molecule has 1 N–H and O–H groups in total. The Labute approximate surface area is 154 Å². The predicted molar refractivity (Wildman–Crippen MR) is 95.3 cm³/mol. The molecule has 0 bridgehead atoms. The summed E-state index contributed by atoms with van der Waals surface area (Å²) in [7, 11) is 0. The molecule has 7 heteroatoms. The molecule has 0 saturated carbocycles. The van der Waals surface area contributed by atoms with Gasteiger partial charge >= 0.3 is 12.1 Å². The molecule has 2 aromatic rings. The molecule has 2 rings (SSSR count). The highest BCUT2D eigenvalue weighted by atomic mass is 19.4. The standard InChI is InChI=1S/C20H18F3NO3/c1-2-12-27-18-11-8-15(13-24-18)17(4-3-5-19(25)26)14-6-9-16(10-7-14)20(21,22)23/h3-11,13H,2,12H2,1H3,(H,25,26)/b5-3+,17-4-. The number of nitrogens with zero attached hydrogens (tertiary/aromatic N) is 1. The summed E-state index contributed by atoms with van der Waals surface area (Å²) in [6, 6.07) is 8.02. The Morgan fingerprint density at radius 2 is 1.81 bits per heavy atom. The lowest BCUT2D eigenvalue weighted by Gasteiger charge is -2.11. The molecule has 0 radical (unpaired) electrons. The molecule has 0 fully saturated rings. The molecular formula is C20H18F3NO3. The third kappa shape index (κ3) is 5.99. The van der Waals surface area contributed by atoms with Crippen LogP contribution in [0.15, 0.2) is 60.8 Å². The molecule has 0 aliphatic carbocycles. The Morgan fingerprint density at radius 3 is 2.33 bits per heavy atom. The van der Waals surface area contributed by atoms with Crippen molar-refractivity contribution < 1.29 is 27.8 Å². The van der Waals surface area contributed by atoms with Crippen molar-refractivity contribution in [1.82, 2.24) is 4.98 Å². The SMILES string of the molecule is CCCOc1ccc(/C(=C\C=C\C(=O)O)c2ccc(C(F)(F)F)cc2)cn1. The van der Waals surface area contributed by atoms with E-state index in [0.29, 0.717) is 29.2 Å². The molecule has 0 aliphatic rings. The van der Waals surface area contributed by atoms with Gasteiger partial charge in [0.15, 0.2) is 0 Å². The van der Waals surface area contributed by atoms with Crippen molar-refractivity contribution in [2.45, 2.75) is 19.5 Å². The molecule has 4 nitrogen and oxygen atoms in total. The summed E-state index contributed by atoms with van der Waals surface area (Å²) in [6.45, 7) is 2.49. The van der Waals surface area contributed by atoms with Crippen molar-refractivity contribution in [3.63, 3.8) is 0 Å². The summed E-state index contributed by atoms with van der Waals surface area (Å²) in [5.41, 5.74) is 0.902. The van der Waals surface area contributed by atoms with Crippen molar-refractivity contribution in [1.29, 1.82) is 0 Å². The van der Waals surface area contributed by atoms with Gasteiger partial charge in [-0.25, -0.2) is 9.78 Å². The first-order chi connectivity index (χ1) is 12.8. The summed E-state index contributed by atoms with van der Waals surface area (Å²) >= 11 is 0. The lowest BCUT2D eigenvalue weighted by atomic mass is 9.97. The molecule has 0 atom stereocenters. The molecule has 0 aliphatic heterocycles. The first-order valence-corrected chi connectivity index (χ1v) is 8.19. The maximum atomic E-state index is 12.8. The number of allylic oxidation sites excluding steroid dienone is 2. The fourth-order valence-electron chi connectivity index (χ4n) is 2.26. The Morgan fingerprint density at radius 1 is 1.15 bits per heavy atom. The molecule has 1 heterocycles. The number of aromatic nitrogens is 1. The van der Waals surface area contributed by atoms with Crippen LogP contribution >= 0.6 is 0 Å². The summed E-state index contributed by atoms with van der Waals surface area (Å²) in [5, 5.41) is 8.74. The van der Waals surface area contributed by atoms with E-state index in [4.69, 9.17) is 9.84 Å². The van der Waals surface area contributed by atoms with Crippen molar-refractivity contribution in [3.8, 4) is 5.88 Å². The number of pyridine rings is 1. The average Bonchev–Trinajstić information content (AvgIpc) is 2.63. The number of halogens is 3. The third-order valence-corrected chi connectivity index (χ3v) is 3.53. The largest absolute Gasteiger partial charge is 0.478 e. The van der Waals surface area contributed by atoms with Crippen LogP contribution in [0.5, 0.6) is 5.88 Å². The Hall–Kier alpha value is -3.09. The Bertz CT molecular complexity index is 823. The highest BCUT2D eigenvalue weighted by Crippen LogP contribution is 2.31. The third-order valence-electron chi connectivity index (χ3n) is 3.53. The van der Waals surface area contributed by atoms with Gasteiger partial charge in [0.05, 0.1) is 12.2 Å². The molecule has 1 aromatic heterocycles. The molecule has 0 unspecified atom stereocenters. The predicted octanol–water partition coefficient (Wildman–Crippen LogP) is 4.96. The van der Waals surface area contributed by atoms with Gasteiger partial charge in [-0.1, -0.05) is 31.2 Å². The molecule has 27 heavy (non-hydrogen) atoms. The van der Waals surface area contributed by atoms with Gasteiger partial charge in [0, 0.05) is 23.9 Å². The smallest absolute Gasteiger partial charge is 0.416 e. The average molecular weight is 377 g/mol. The zero-order valence-corrected chi connectivity index (χ0v) is 14.5. The number of rotatable bonds is 7. The normalized spacial score (nSPS) is 12.4. The van der Waals surface area contributed by atoms with Crippen LogP contribution in [0.4, 0.5) is 13.2 Å². The second-order valence-electron chi connectivity index (χ2n) is 5.59. The van der Waals surface area contributed by atoms with E-state index in [1.165, 1.54) is 30.5 Å². The van der Waals surface area contributed by atoms with E-state index < -0.39 is 17.7 Å². The van der Waals surface area contributed by atoms with Crippen LogP contribution in [0.25, 0.3) is 5.57 Å². The van der Waals surface area contributed by atoms with E-state index in [-0.39, 0.29) is 0 Å². The molecule has 0 amide bonds. The van der Waals surface area contributed by atoms with Gasteiger partial charge < -0.3 is 9.84 Å². The second kappa shape index (κ2) is 9.02. The van der Waals surface area contributed by atoms with Gasteiger partial charge in [0.1, 0.15) is 0 Å². The number of aliphatic carboxylic acids is 1. The number of carboxylic acids is 1. The lowest BCUT2D eigenvalue weighted by molar-refractivity contribution is -0.137. The van der Waals surface area contributed by atoms with Gasteiger partial charge in [0.2, 0.25) is 5.88 Å². The minimum Gasteiger partial charge on any atom is -0.478 e. The maximum absolute atomic E-state index is 12.8. The Balaban J connectivity index is 2.38. The van der Waals surface area contributed by atoms with Gasteiger partial charge in [-0.05, 0) is 35.8 Å². The number of hydrogen-bond donors (Lipinski definition) is 1. The number of alkyl halides is 3. The monoisotopic (exact) mass is 377 g/mol. The molecular weight excluding hydrogens is 359 g/mol. The number of ether oxygens (including phenoxy) is 1. The highest BCUT2D eigenvalue weighted by molar-refractivity contribution is 5.83. The zero-order chi connectivity index (χ0) is 19.9. The molecule has 0 saturated heterocycles. The minimum atomic E-state index is -4.43. The Kier molecular flexibility index (Phi) is 6.76. The van der Waals surface area contributed by atoms with E-state index in [1.807, 2.05) is 6.92 Å². The van der Waals surface area contributed by atoms with Crippen molar-refractivity contribution in [2.75, 3.05) is 6.61 Å². The van der Waals surface area contributed by atoms with Gasteiger partial charge in [-0.3, -0.25) is 0 Å². The van der Waals surface area contributed by atoms with E-state index in [1.54, 1.807) is 12.1 Å². The quantitative estimate of drug-likeness (QED) is 0.547. The van der Waals surface area contributed by atoms with E-state index in [9.17, 15) is 18.0 Å². The van der Waals surface area contributed by atoms with Crippen molar-refractivity contribution in [3.05, 3.63) is 77.5 Å². The number of hydrogen-bond acceptors (Lipinski definition) is 3. The fourth-order valence-corrected chi connectivity index (χ4v) is 2.26. The zero-order valence-electron chi connectivity index (χ0n) is 14.5. The summed E-state index contributed by atoms with van der Waals surface area (Å²) in [4.78, 5) is 14.9. The van der Waals surface area contributed by atoms with Crippen LogP contribution in [-0.4, -0.2) is 22.7 Å². The second-order valence-corrected chi connectivity index (χ2v) is 5.59. The molecule has 1 aromatic carbocycles.